The summed E-state index contributed by atoms with van der Waals surface area (Å²) in [5, 5.41) is 10.4. The predicted molar refractivity (Wildman–Crippen MR) is 119 cm³/mol. The summed E-state index contributed by atoms with van der Waals surface area (Å²) < 4.78 is 19.8. The summed E-state index contributed by atoms with van der Waals surface area (Å²) >= 11 is 0. The number of rotatable bonds is 7. The zero-order valence-corrected chi connectivity index (χ0v) is 17.7. The maximum Gasteiger partial charge on any atom is 0.146 e. The Hall–Kier alpha value is -2.11. The summed E-state index contributed by atoms with van der Waals surface area (Å²) in [6.45, 7) is 4.00. The Morgan fingerprint density at radius 1 is 0.933 bits per heavy atom. The van der Waals surface area contributed by atoms with Crippen molar-refractivity contribution in [2.24, 2.45) is 0 Å². The number of aliphatic hydroxyl groups is 1. The molecule has 1 aliphatic carbocycles. The van der Waals surface area contributed by atoms with E-state index in [-0.39, 0.29) is 12.4 Å². The molecule has 0 amide bonds. The molecule has 30 heavy (non-hydrogen) atoms. The summed E-state index contributed by atoms with van der Waals surface area (Å²) in [7, 11) is 0. The number of ether oxygens (including phenoxy) is 1. The first-order valence-corrected chi connectivity index (χ1v) is 11.3. The Morgan fingerprint density at radius 3 is 2.33 bits per heavy atom. The van der Waals surface area contributed by atoms with Crippen LogP contribution in [0.1, 0.15) is 43.6 Å². The molecule has 1 saturated heterocycles. The Kier molecular flexibility index (Phi) is 7.24. The van der Waals surface area contributed by atoms with Crippen molar-refractivity contribution in [2.75, 3.05) is 44.2 Å². The van der Waals surface area contributed by atoms with Gasteiger partial charge >= 0.3 is 0 Å². The van der Waals surface area contributed by atoms with E-state index in [1.165, 1.54) is 43.7 Å². The van der Waals surface area contributed by atoms with Crippen molar-refractivity contribution in [2.45, 2.75) is 44.1 Å². The van der Waals surface area contributed by atoms with Crippen molar-refractivity contribution in [3.63, 3.8) is 0 Å². The molecule has 1 N–H and O–H groups in total. The van der Waals surface area contributed by atoms with Gasteiger partial charge in [-0.2, -0.15) is 0 Å². The average Bonchev–Trinajstić information content (AvgIpc) is 2.80. The number of aliphatic hydroxyl groups excluding tert-OH is 1. The number of nitrogens with zero attached hydrogens (tertiary/aromatic N) is 2. The van der Waals surface area contributed by atoms with E-state index >= 15 is 0 Å². The molecule has 1 unspecified atom stereocenters. The van der Waals surface area contributed by atoms with Crippen LogP contribution in [0.3, 0.4) is 0 Å². The molecule has 2 aromatic rings. The SMILES string of the molecule is OC(COc1ccc(C2CCCCC2)cc1)CN1CCN(c2ccccc2F)CC1. The van der Waals surface area contributed by atoms with E-state index < -0.39 is 6.10 Å². The Balaban J connectivity index is 1.19. The minimum atomic E-state index is -0.539. The van der Waals surface area contributed by atoms with Crippen LogP contribution in [0.4, 0.5) is 10.1 Å². The highest BCUT2D eigenvalue weighted by Gasteiger charge is 2.21. The second-order valence-corrected chi connectivity index (χ2v) is 8.61. The van der Waals surface area contributed by atoms with Crippen molar-refractivity contribution in [1.82, 2.24) is 4.90 Å². The van der Waals surface area contributed by atoms with Gasteiger partial charge in [0.2, 0.25) is 0 Å². The third-order valence-electron chi connectivity index (χ3n) is 6.43. The lowest BCUT2D eigenvalue weighted by atomic mass is 9.84. The van der Waals surface area contributed by atoms with Gasteiger partial charge in [0, 0.05) is 32.7 Å². The number of β-amino-alcohol motifs (C(OH)–C–C–N with tert-alkyl or cyclic N) is 1. The van der Waals surface area contributed by atoms with Crippen LogP contribution in [-0.2, 0) is 0 Å². The molecule has 2 fully saturated rings. The molecular formula is C25H33FN2O2. The third-order valence-corrected chi connectivity index (χ3v) is 6.43. The van der Waals surface area contributed by atoms with Gasteiger partial charge in [0.05, 0.1) is 5.69 Å². The molecule has 0 spiro atoms. The monoisotopic (exact) mass is 412 g/mol. The molecule has 0 bridgehead atoms. The molecule has 5 heteroatoms. The van der Waals surface area contributed by atoms with Crippen LogP contribution in [0.5, 0.6) is 5.75 Å². The number of piperazine rings is 1. The minimum absolute atomic E-state index is 0.172. The number of benzene rings is 2. The zero-order chi connectivity index (χ0) is 20.8. The van der Waals surface area contributed by atoms with E-state index in [0.29, 0.717) is 18.2 Å². The molecule has 1 atom stereocenters. The number of hydrogen-bond donors (Lipinski definition) is 1. The van der Waals surface area contributed by atoms with Crippen LogP contribution in [0.2, 0.25) is 0 Å². The number of para-hydroxylation sites is 1. The van der Waals surface area contributed by atoms with E-state index in [1.807, 2.05) is 24.3 Å². The normalized spacial score (nSPS) is 19.6. The summed E-state index contributed by atoms with van der Waals surface area (Å²) in [5.74, 6) is 1.34. The first kappa shape index (κ1) is 21.1. The van der Waals surface area contributed by atoms with Gasteiger partial charge in [-0.25, -0.2) is 4.39 Å². The summed E-state index contributed by atoms with van der Waals surface area (Å²) in [5.41, 5.74) is 2.08. The number of anilines is 1. The van der Waals surface area contributed by atoms with Gasteiger partial charge in [-0.1, -0.05) is 43.5 Å². The Morgan fingerprint density at radius 2 is 1.63 bits per heavy atom. The molecule has 2 aromatic carbocycles. The van der Waals surface area contributed by atoms with Crippen molar-refractivity contribution < 1.29 is 14.2 Å². The van der Waals surface area contributed by atoms with Gasteiger partial charge in [-0.3, -0.25) is 4.90 Å². The topological polar surface area (TPSA) is 35.9 Å². The maximum atomic E-state index is 14.0. The fourth-order valence-corrected chi connectivity index (χ4v) is 4.69. The Labute approximate surface area is 179 Å². The van der Waals surface area contributed by atoms with Crippen LogP contribution in [0.15, 0.2) is 48.5 Å². The lowest BCUT2D eigenvalue weighted by Gasteiger charge is -2.36. The minimum Gasteiger partial charge on any atom is -0.491 e. The number of halogens is 1. The maximum absolute atomic E-state index is 14.0. The molecular weight excluding hydrogens is 379 g/mol. The Bertz CT molecular complexity index is 784. The second-order valence-electron chi connectivity index (χ2n) is 8.61. The van der Waals surface area contributed by atoms with Crippen molar-refractivity contribution in [1.29, 1.82) is 0 Å². The van der Waals surface area contributed by atoms with Crippen LogP contribution in [-0.4, -0.2) is 55.4 Å². The van der Waals surface area contributed by atoms with E-state index in [4.69, 9.17) is 4.74 Å². The molecule has 1 aliphatic heterocycles. The molecule has 4 rings (SSSR count). The quantitative estimate of drug-likeness (QED) is 0.730. The molecule has 0 radical (unpaired) electrons. The van der Waals surface area contributed by atoms with Gasteiger partial charge in [-0.05, 0) is 48.6 Å². The highest BCUT2D eigenvalue weighted by Crippen LogP contribution is 2.33. The van der Waals surface area contributed by atoms with Gasteiger partial charge in [0.25, 0.3) is 0 Å². The average molecular weight is 413 g/mol. The lowest BCUT2D eigenvalue weighted by Crippen LogP contribution is -2.49. The van der Waals surface area contributed by atoms with Gasteiger partial charge in [0.1, 0.15) is 24.3 Å². The third kappa shape index (κ3) is 5.52. The standard InChI is InChI=1S/C25H33FN2O2/c26-24-8-4-5-9-25(24)28-16-14-27(15-17-28)18-22(29)19-30-23-12-10-21(11-13-23)20-6-2-1-3-7-20/h4-5,8-13,20,22,29H,1-3,6-7,14-19H2. The van der Waals surface area contributed by atoms with E-state index in [9.17, 15) is 9.50 Å². The van der Waals surface area contributed by atoms with Crippen molar-refractivity contribution in [3.05, 3.63) is 59.9 Å². The predicted octanol–water partition coefficient (Wildman–Crippen LogP) is 4.44. The number of hydrogen-bond acceptors (Lipinski definition) is 4. The fourth-order valence-electron chi connectivity index (χ4n) is 4.69. The first-order valence-electron chi connectivity index (χ1n) is 11.3. The van der Waals surface area contributed by atoms with Crippen molar-refractivity contribution >= 4 is 5.69 Å². The van der Waals surface area contributed by atoms with E-state index in [2.05, 4.69) is 21.9 Å². The van der Waals surface area contributed by atoms with Crippen LogP contribution in [0.25, 0.3) is 0 Å². The smallest absolute Gasteiger partial charge is 0.146 e. The summed E-state index contributed by atoms with van der Waals surface area (Å²) in [6, 6.07) is 15.3. The highest BCUT2D eigenvalue weighted by molar-refractivity contribution is 5.48. The van der Waals surface area contributed by atoms with Crippen LogP contribution in [0, 0.1) is 5.82 Å². The van der Waals surface area contributed by atoms with E-state index in [1.54, 1.807) is 6.07 Å². The van der Waals surface area contributed by atoms with Crippen LogP contribution >= 0.6 is 0 Å². The van der Waals surface area contributed by atoms with Crippen LogP contribution < -0.4 is 9.64 Å². The van der Waals surface area contributed by atoms with Gasteiger partial charge in [-0.15, -0.1) is 0 Å². The van der Waals surface area contributed by atoms with Gasteiger partial charge in [0.15, 0.2) is 0 Å². The molecule has 1 saturated carbocycles. The fraction of sp³-hybridized carbons (Fsp3) is 0.520. The largest absolute Gasteiger partial charge is 0.491 e. The highest BCUT2D eigenvalue weighted by atomic mass is 19.1. The van der Waals surface area contributed by atoms with E-state index in [0.717, 1.165) is 31.9 Å². The summed E-state index contributed by atoms with van der Waals surface area (Å²) in [6.07, 6.45) is 6.09. The lowest BCUT2D eigenvalue weighted by molar-refractivity contribution is 0.0662. The molecule has 2 aliphatic rings. The van der Waals surface area contributed by atoms with Crippen molar-refractivity contribution in [3.8, 4) is 5.75 Å². The second kappa shape index (κ2) is 10.3. The zero-order valence-electron chi connectivity index (χ0n) is 17.7. The first-order chi connectivity index (χ1) is 14.7. The molecule has 0 aromatic heterocycles. The molecule has 4 nitrogen and oxygen atoms in total. The molecule has 1 heterocycles. The molecule has 162 valence electrons. The van der Waals surface area contributed by atoms with Gasteiger partial charge < -0.3 is 14.7 Å². The summed E-state index contributed by atoms with van der Waals surface area (Å²) in [4.78, 5) is 4.29.